The maximum Gasteiger partial charge on any atom is 0.0939 e. The van der Waals surface area contributed by atoms with Crippen LogP contribution in [0.1, 0.15) is 25.5 Å². The third-order valence-corrected chi connectivity index (χ3v) is 3.38. The minimum atomic E-state index is 1.08. The predicted octanol–water partition coefficient (Wildman–Crippen LogP) is 2.21. The first-order valence-corrected chi connectivity index (χ1v) is 6.56. The van der Waals surface area contributed by atoms with Gasteiger partial charge in [-0.3, -0.25) is 4.68 Å². The van der Waals surface area contributed by atoms with Crippen molar-refractivity contribution in [2.75, 3.05) is 18.8 Å². The monoisotopic (exact) mass is 227 g/mol. The Morgan fingerprint density at radius 2 is 2.27 bits per heavy atom. The van der Waals surface area contributed by atoms with Gasteiger partial charge < -0.3 is 5.32 Å². The summed E-state index contributed by atoms with van der Waals surface area (Å²) in [7, 11) is 2.01. The second kappa shape index (κ2) is 6.90. The Bertz CT molecular complexity index is 283. The number of thioether (sulfide) groups is 1. The average molecular weight is 227 g/mol. The van der Waals surface area contributed by atoms with E-state index in [1.54, 1.807) is 0 Å². The van der Waals surface area contributed by atoms with E-state index < -0.39 is 0 Å². The third kappa shape index (κ3) is 4.71. The molecule has 1 N–H and O–H groups in total. The maximum atomic E-state index is 4.32. The van der Waals surface area contributed by atoms with Gasteiger partial charge in [-0.2, -0.15) is 5.10 Å². The van der Waals surface area contributed by atoms with Gasteiger partial charge in [0.15, 0.2) is 0 Å². The highest BCUT2D eigenvalue weighted by Crippen LogP contribution is 2.19. The van der Waals surface area contributed by atoms with Crippen LogP contribution >= 0.6 is 11.8 Å². The molecule has 0 bridgehead atoms. The third-order valence-electron chi connectivity index (χ3n) is 2.21. The van der Waals surface area contributed by atoms with E-state index in [1.807, 2.05) is 30.4 Å². The summed E-state index contributed by atoms with van der Waals surface area (Å²) in [5, 5.41) is 8.93. The Morgan fingerprint density at radius 3 is 2.87 bits per heavy atom. The number of aryl methyl sites for hydroxylation is 2. The molecule has 15 heavy (non-hydrogen) atoms. The molecule has 0 unspecified atom stereocenters. The molecule has 0 spiro atoms. The van der Waals surface area contributed by atoms with Crippen molar-refractivity contribution in [2.24, 2.45) is 7.05 Å². The van der Waals surface area contributed by atoms with E-state index in [0.717, 1.165) is 18.8 Å². The van der Waals surface area contributed by atoms with Crippen LogP contribution in [0.15, 0.2) is 11.1 Å². The van der Waals surface area contributed by atoms with Crippen molar-refractivity contribution in [1.82, 2.24) is 15.1 Å². The number of hydrogen-bond acceptors (Lipinski definition) is 3. The van der Waals surface area contributed by atoms with Gasteiger partial charge in [0, 0.05) is 7.05 Å². The van der Waals surface area contributed by atoms with Gasteiger partial charge in [0.1, 0.15) is 0 Å². The van der Waals surface area contributed by atoms with E-state index in [2.05, 4.69) is 23.4 Å². The molecule has 0 fully saturated rings. The van der Waals surface area contributed by atoms with Crippen LogP contribution in [0.2, 0.25) is 0 Å². The Kier molecular flexibility index (Phi) is 5.79. The molecule has 1 rings (SSSR count). The van der Waals surface area contributed by atoms with E-state index >= 15 is 0 Å². The summed E-state index contributed by atoms with van der Waals surface area (Å²) in [4.78, 5) is 0. The van der Waals surface area contributed by atoms with Gasteiger partial charge in [-0.05, 0) is 44.7 Å². The zero-order valence-electron chi connectivity index (χ0n) is 9.92. The Hall–Kier alpha value is -0.480. The van der Waals surface area contributed by atoms with Gasteiger partial charge in [0.25, 0.3) is 0 Å². The van der Waals surface area contributed by atoms with Gasteiger partial charge in [-0.15, -0.1) is 11.8 Å². The minimum absolute atomic E-state index is 1.08. The number of hydrogen-bond donors (Lipinski definition) is 1. The van der Waals surface area contributed by atoms with Crippen LogP contribution in [-0.2, 0) is 7.05 Å². The molecule has 1 aromatic rings. The quantitative estimate of drug-likeness (QED) is 0.572. The average Bonchev–Trinajstić information content (AvgIpc) is 2.51. The van der Waals surface area contributed by atoms with Gasteiger partial charge in [-0.25, -0.2) is 0 Å². The van der Waals surface area contributed by atoms with Crippen LogP contribution in [0.5, 0.6) is 0 Å². The first-order valence-electron chi connectivity index (χ1n) is 5.58. The van der Waals surface area contributed by atoms with Crippen molar-refractivity contribution in [2.45, 2.75) is 31.7 Å². The SMILES string of the molecule is CCNCCCCSc1cc(C)nn1C. The molecule has 0 aliphatic carbocycles. The molecule has 0 aliphatic rings. The van der Waals surface area contributed by atoms with E-state index in [0.29, 0.717) is 0 Å². The van der Waals surface area contributed by atoms with E-state index in [9.17, 15) is 0 Å². The molecular weight excluding hydrogens is 206 g/mol. The summed E-state index contributed by atoms with van der Waals surface area (Å²) < 4.78 is 1.96. The predicted molar refractivity (Wildman–Crippen MR) is 66.4 cm³/mol. The van der Waals surface area contributed by atoms with Crippen molar-refractivity contribution in [3.05, 3.63) is 11.8 Å². The van der Waals surface area contributed by atoms with Crippen molar-refractivity contribution in [1.29, 1.82) is 0 Å². The number of nitrogens with zero attached hydrogens (tertiary/aromatic N) is 2. The number of rotatable bonds is 7. The van der Waals surface area contributed by atoms with Gasteiger partial charge in [-0.1, -0.05) is 6.92 Å². The second-order valence-electron chi connectivity index (χ2n) is 3.66. The summed E-state index contributed by atoms with van der Waals surface area (Å²) in [6.07, 6.45) is 2.53. The first kappa shape index (κ1) is 12.6. The largest absolute Gasteiger partial charge is 0.317 e. The number of nitrogens with one attached hydrogen (secondary N) is 1. The molecule has 0 atom stereocenters. The summed E-state index contributed by atoms with van der Waals surface area (Å²) in [5.41, 5.74) is 1.10. The van der Waals surface area contributed by atoms with Crippen LogP contribution < -0.4 is 5.32 Å². The van der Waals surface area contributed by atoms with Crippen molar-refractivity contribution < 1.29 is 0 Å². The first-order chi connectivity index (χ1) is 7.24. The van der Waals surface area contributed by atoms with E-state index in [-0.39, 0.29) is 0 Å². The van der Waals surface area contributed by atoms with Crippen LogP contribution in [-0.4, -0.2) is 28.6 Å². The molecule has 1 aromatic heterocycles. The molecule has 4 heteroatoms. The second-order valence-corrected chi connectivity index (χ2v) is 4.77. The highest BCUT2D eigenvalue weighted by molar-refractivity contribution is 7.99. The van der Waals surface area contributed by atoms with Crippen molar-refractivity contribution in [3.8, 4) is 0 Å². The van der Waals surface area contributed by atoms with Gasteiger partial charge in [0.05, 0.1) is 10.7 Å². The summed E-state index contributed by atoms with van der Waals surface area (Å²) in [5.74, 6) is 1.18. The number of aromatic nitrogens is 2. The fourth-order valence-electron chi connectivity index (χ4n) is 1.43. The normalized spacial score (nSPS) is 10.9. The van der Waals surface area contributed by atoms with Crippen LogP contribution in [0, 0.1) is 6.92 Å². The van der Waals surface area contributed by atoms with E-state index in [4.69, 9.17) is 0 Å². The van der Waals surface area contributed by atoms with Crippen molar-refractivity contribution in [3.63, 3.8) is 0 Å². The Balaban J connectivity index is 2.12. The van der Waals surface area contributed by atoms with Gasteiger partial charge >= 0.3 is 0 Å². The van der Waals surface area contributed by atoms with Crippen LogP contribution in [0.25, 0.3) is 0 Å². The fourth-order valence-corrected chi connectivity index (χ4v) is 2.47. The lowest BCUT2D eigenvalue weighted by Crippen LogP contribution is -2.13. The smallest absolute Gasteiger partial charge is 0.0939 e. The van der Waals surface area contributed by atoms with E-state index in [1.165, 1.54) is 23.6 Å². The lowest BCUT2D eigenvalue weighted by atomic mass is 10.3. The molecular formula is C11H21N3S. The fraction of sp³-hybridized carbons (Fsp3) is 0.727. The molecule has 3 nitrogen and oxygen atoms in total. The highest BCUT2D eigenvalue weighted by Gasteiger charge is 2.01. The molecule has 0 amide bonds. The number of unbranched alkanes of at least 4 members (excludes halogenated alkanes) is 1. The maximum absolute atomic E-state index is 4.32. The van der Waals surface area contributed by atoms with Crippen LogP contribution in [0.4, 0.5) is 0 Å². The highest BCUT2D eigenvalue weighted by atomic mass is 32.2. The molecule has 0 saturated heterocycles. The topological polar surface area (TPSA) is 29.9 Å². The lowest BCUT2D eigenvalue weighted by Gasteiger charge is -2.02. The Labute approximate surface area is 96.6 Å². The minimum Gasteiger partial charge on any atom is -0.317 e. The Morgan fingerprint density at radius 1 is 1.47 bits per heavy atom. The summed E-state index contributed by atoms with van der Waals surface area (Å²) in [6.45, 7) is 6.40. The lowest BCUT2D eigenvalue weighted by molar-refractivity contribution is 0.664. The molecule has 0 aliphatic heterocycles. The van der Waals surface area contributed by atoms with Crippen LogP contribution in [0.3, 0.4) is 0 Å². The zero-order chi connectivity index (χ0) is 11.1. The van der Waals surface area contributed by atoms with Gasteiger partial charge in [0.2, 0.25) is 0 Å². The molecule has 86 valence electrons. The molecule has 1 heterocycles. The summed E-state index contributed by atoms with van der Waals surface area (Å²) >= 11 is 1.90. The summed E-state index contributed by atoms with van der Waals surface area (Å²) in [6, 6.07) is 2.15. The standard InChI is InChI=1S/C11H21N3S/c1-4-12-7-5-6-8-15-11-9-10(2)13-14(11)3/h9,12H,4-8H2,1-3H3. The van der Waals surface area contributed by atoms with Crippen molar-refractivity contribution >= 4 is 11.8 Å². The molecule has 0 aromatic carbocycles. The molecule has 0 saturated carbocycles. The molecule has 0 radical (unpaired) electrons. The zero-order valence-corrected chi connectivity index (χ0v) is 10.7.